The van der Waals surface area contributed by atoms with Gasteiger partial charge in [-0.3, -0.25) is 9.59 Å². The third-order valence-electron chi connectivity index (χ3n) is 4.41. The lowest BCUT2D eigenvalue weighted by atomic mass is 10.0. The van der Waals surface area contributed by atoms with Crippen molar-refractivity contribution in [1.82, 2.24) is 19.7 Å². The first kappa shape index (κ1) is 17.5. The van der Waals surface area contributed by atoms with E-state index in [0.29, 0.717) is 23.9 Å². The Hall–Kier alpha value is -2.29. The molecule has 25 heavy (non-hydrogen) atoms. The van der Waals surface area contributed by atoms with Crippen LogP contribution in [0.1, 0.15) is 25.0 Å². The summed E-state index contributed by atoms with van der Waals surface area (Å²) < 4.78 is 7.13. The lowest BCUT2D eigenvalue weighted by Gasteiger charge is -2.33. The van der Waals surface area contributed by atoms with E-state index in [1.807, 2.05) is 24.6 Å². The van der Waals surface area contributed by atoms with Gasteiger partial charge in [0.1, 0.15) is 11.8 Å². The maximum absolute atomic E-state index is 12.5. The van der Waals surface area contributed by atoms with Gasteiger partial charge in [-0.05, 0) is 32.3 Å². The number of carbonyl (C=O) groups excluding carboxylic acids is 2. The number of thioether (sulfide) groups is 1. The molecule has 9 heteroatoms. The van der Waals surface area contributed by atoms with Crippen molar-refractivity contribution in [2.75, 3.05) is 12.3 Å². The molecule has 2 aromatic rings. The Labute approximate surface area is 149 Å². The van der Waals surface area contributed by atoms with E-state index in [-0.39, 0.29) is 11.7 Å². The van der Waals surface area contributed by atoms with Crippen LogP contribution in [0.25, 0.3) is 11.4 Å². The zero-order valence-electron chi connectivity index (χ0n) is 14.3. The van der Waals surface area contributed by atoms with Gasteiger partial charge in [-0.15, -0.1) is 10.2 Å². The summed E-state index contributed by atoms with van der Waals surface area (Å²) in [5, 5.41) is 8.98. The molecule has 0 radical (unpaired) electrons. The smallest absolute Gasteiger partial charge is 0.240 e. The number of rotatable bonds is 5. The largest absolute Gasteiger partial charge is 0.469 e. The second kappa shape index (κ2) is 7.30. The summed E-state index contributed by atoms with van der Waals surface area (Å²) in [7, 11) is 1.85. The Balaban J connectivity index is 1.67. The van der Waals surface area contributed by atoms with Crippen molar-refractivity contribution in [3.05, 3.63) is 18.1 Å². The molecule has 1 fully saturated rings. The molecule has 1 atom stereocenters. The summed E-state index contributed by atoms with van der Waals surface area (Å²) in [4.78, 5) is 25.7. The highest BCUT2D eigenvalue weighted by Gasteiger charge is 2.30. The predicted octanol–water partition coefficient (Wildman–Crippen LogP) is 1.34. The van der Waals surface area contributed by atoms with Crippen LogP contribution in [0.2, 0.25) is 0 Å². The van der Waals surface area contributed by atoms with Gasteiger partial charge in [-0.1, -0.05) is 11.8 Å². The molecule has 1 saturated heterocycles. The van der Waals surface area contributed by atoms with Gasteiger partial charge < -0.3 is 19.6 Å². The zero-order valence-corrected chi connectivity index (χ0v) is 15.1. The number of likely N-dealkylation sites (tertiary alicyclic amines) is 1. The highest BCUT2D eigenvalue weighted by atomic mass is 32.2. The Bertz CT molecular complexity index is 785. The minimum atomic E-state index is -0.495. The van der Waals surface area contributed by atoms with Crippen LogP contribution < -0.4 is 5.73 Å². The summed E-state index contributed by atoms with van der Waals surface area (Å²) in [6.07, 6.45) is 4.06. The first-order valence-electron chi connectivity index (χ1n) is 8.14. The van der Waals surface area contributed by atoms with Crippen LogP contribution >= 0.6 is 11.8 Å². The molecule has 0 spiro atoms. The molecule has 0 aliphatic carbocycles. The zero-order chi connectivity index (χ0) is 18.0. The van der Waals surface area contributed by atoms with Crippen molar-refractivity contribution in [2.24, 2.45) is 12.8 Å². The van der Waals surface area contributed by atoms with E-state index >= 15 is 0 Å². The fourth-order valence-electron chi connectivity index (χ4n) is 3.03. The average Bonchev–Trinajstić information content (AvgIpc) is 3.18. The Morgan fingerprint density at radius 1 is 1.40 bits per heavy atom. The molecule has 134 valence electrons. The van der Waals surface area contributed by atoms with Crippen LogP contribution in [0.5, 0.6) is 0 Å². The number of aromatic nitrogens is 3. The summed E-state index contributed by atoms with van der Waals surface area (Å²) in [5.74, 6) is 1.11. The quantitative estimate of drug-likeness (QED) is 0.803. The van der Waals surface area contributed by atoms with Crippen LogP contribution in [0.3, 0.4) is 0 Å². The fraction of sp³-hybridized carbons (Fsp3) is 0.500. The van der Waals surface area contributed by atoms with Gasteiger partial charge in [0, 0.05) is 13.6 Å². The highest BCUT2D eigenvalue weighted by molar-refractivity contribution is 7.99. The van der Waals surface area contributed by atoms with E-state index in [9.17, 15) is 9.59 Å². The normalized spacial score (nSPS) is 17.7. The fourth-order valence-corrected chi connectivity index (χ4v) is 3.82. The number of carbonyl (C=O) groups is 2. The van der Waals surface area contributed by atoms with Crippen LogP contribution in [-0.4, -0.2) is 49.8 Å². The van der Waals surface area contributed by atoms with Gasteiger partial charge in [0.2, 0.25) is 11.8 Å². The van der Waals surface area contributed by atoms with Crippen molar-refractivity contribution in [2.45, 2.75) is 37.4 Å². The summed E-state index contributed by atoms with van der Waals surface area (Å²) >= 11 is 1.30. The molecule has 2 N–H and O–H groups in total. The minimum Gasteiger partial charge on any atom is -0.469 e. The number of amides is 2. The van der Waals surface area contributed by atoms with Crippen LogP contribution in [0.15, 0.2) is 21.9 Å². The lowest BCUT2D eigenvalue weighted by molar-refractivity contribution is -0.138. The van der Waals surface area contributed by atoms with E-state index in [1.165, 1.54) is 11.8 Å². The number of nitrogens with zero attached hydrogens (tertiary/aromatic N) is 4. The van der Waals surface area contributed by atoms with Gasteiger partial charge in [0.25, 0.3) is 0 Å². The molecule has 8 nitrogen and oxygen atoms in total. The molecule has 0 bridgehead atoms. The third-order valence-corrected chi connectivity index (χ3v) is 5.42. The predicted molar refractivity (Wildman–Crippen MR) is 92.7 cm³/mol. The van der Waals surface area contributed by atoms with Crippen LogP contribution in [0, 0.1) is 6.92 Å². The maximum atomic E-state index is 12.5. The van der Waals surface area contributed by atoms with Gasteiger partial charge in [0.05, 0.1) is 17.6 Å². The third kappa shape index (κ3) is 3.55. The van der Waals surface area contributed by atoms with E-state index in [1.54, 1.807) is 11.2 Å². The number of primary amides is 1. The van der Waals surface area contributed by atoms with Crippen LogP contribution in [-0.2, 0) is 16.6 Å². The molecule has 2 amide bonds. The summed E-state index contributed by atoms with van der Waals surface area (Å²) in [6, 6.07) is 1.34. The van der Waals surface area contributed by atoms with Crippen molar-refractivity contribution >= 4 is 23.6 Å². The number of piperidine rings is 1. The van der Waals surface area contributed by atoms with Crippen molar-refractivity contribution in [1.29, 1.82) is 0 Å². The molecular formula is C16H21N5O3S. The molecule has 0 aromatic carbocycles. The van der Waals surface area contributed by atoms with Crippen molar-refractivity contribution in [3.8, 4) is 11.4 Å². The molecule has 0 saturated carbocycles. The standard InChI is InChI=1S/C16H21N5O3S/c1-10-11(6-8-24-10)15-18-19-16(20(15)2)25-9-13(22)21-7-4-3-5-12(21)14(17)23/h6,8,12H,3-5,7,9H2,1-2H3,(H2,17,23)/t12-/m1/s1. The molecular weight excluding hydrogens is 342 g/mol. The SMILES string of the molecule is Cc1occc1-c1nnc(SCC(=O)N2CCCC[C@@H]2C(N)=O)n1C. The number of aryl methyl sites for hydroxylation is 1. The molecule has 1 aliphatic rings. The Morgan fingerprint density at radius 2 is 2.20 bits per heavy atom. The highest BCUT2D eigenvalue weighted by Crippen LogP contribution is 2.26. The second-order valence-electron chi connectivity index (χ2n) is 6.05. The molecule has 0 unspecified atom stereocenters. The van der Waals surface area contributed by atoms with Gasteiger partial charge in [0.15, 0.2) is 11.0 Å². The van der Waals surface area contributed by atoms with Crippen molar-refractivity contribution < 1.29 is 14.0 Å². The average molecular weight is 363 g/mol. The molecule has 3 heterocycles. The second-order valence-corrected chi connectivity index (χ2v) is 6.99. The van der Waals surface area contributed by atoms with Gasteiger partial charge in [-0.2, -0.15) is 0 Å². The van der Waals surface area contributed by atoms with Crippen LogP contribution in [0.4, 0.5) is 0 Å². The first-order chi connectivity index (χ1) is 12.0. The van der Waals surface area contributed by atoms with E-state index in [0.717, 1.165) is 24.2 Å². The Kier molecular flexibility index (Phi) is 5.12. The monoisotopic (exact) mass is 363 g/mol. The lowest BCUT2D eigenvalue weighted by Crippen LogP contribution is -2.51. The number of nitrogens with two attached hydrogens (primary N) is 1. The molecule has 1 aliphatic heterocycles. The topological polar surface area (TPSA) is 107 Å². The van der Waals surface area contributed by atoms with Gasteiger partial charge in [-0.25, -0.2) is 0 Å². The molecule has 3 rings (SSSR count). The molecule has 2 aromatic heterocycles. The number of hydrogen-bond donors (Lipinski definition) is 1. The van der Waals surface area contributed by atoms with Gasteiger partial charge >= 0.3 is 0 Å². The maximum Gasteiger partial charge on any atom is 0.240 e. The van der Waals surface area contributed by atoms with Crippen molar-refractivity contribution in [3.63, 3.8) is 0 Å². The van der Waals surface area contributed by atoms with E-state index in [4.69, 9.17) is 10.2 Å². The summed E-state index contributed by atoms with van der Waals surface area (Å²) in [5.41, 5.74) is 6.30. The van der Waals surface area contributed by atoms with E-state index in [2.05, 4.69) is 10.2 Å². The first-order valence-corrected chi connectivity index (χ1v) is 9.13. The summed E-state index contributed by atoms with van der Waals surface area (Å²) in [6.45, 7) is 2.44. The van der Waals surface area contributed by atoms with E-state index < -0.39 is 11.9 Å². The number of hydrogen-bond acceptors (Lipinski definition) is 6. The number of furan rings is 1. The minimum absolute atomic E-state index is 0.0995. The Morgan fingerprint density at radius 3 is 2.88 bits per heavy atom.